The Bertz CT molecular complexity index is 1090. The molecule has 0 saturated carbocycles. The van der Waals surface area contributed by atoms with E-state index in [0.717, 1.165) is 58.9 Å². The molecule has 0 aliphatic carbocycles. The maximum absolute atomic E-state index is 12.7. The Morgan fingerprint density at radius 1 is 0.667 bits per heavy atom. The van der Waals surface area contributed by atoms with E-state index in [1.54, 1.807) is 48.5 Å². The standard InChI is InChI=1S/2C10H8BrNO3.2C4H9.Sn/c2*11-7-1-3-8(4-2-7)12-9(13)5-6-10(14)15;2*1-3-4-2;/h2*1-6H,(H,12,13)(H,14,15);2*1,3-4H2,2H3;/q;;;;+2/p-2/b2*6-5+;;;. The molecule has 2 aromatic rings. The molecule has 0 radical (unpaired) electrons. The van der Waals surface area contributed by atoms with Gasteiger partial charge in [0.2, 0.25) is 0 Å². The predicted molar refractivity (Wildman–Crippen MR) is 161 cm³/mol. The van der Waals surface area contributed by atoms with Crippen LogP contribution in [0.2, 0.25) is 8.87 Å². The van der Waals surface area contributed by atoms with Crippen molar-refractivity contribution in [2.45, 2.75) is 48.4 Å². The SMILES string of the molecule is CCC[CH2][Sn]([CH2]CCC)([O]C(=O)/C=C/C(=O)Nc1ccc(Br)cc1)[O]C(=O)/C=C/C(=O)Nc1ccc(Br)cc1. The number of rotatable bonds is 14. The third-order valence-electron chi connectivity index (χ3n) is 5.36. The number of amides is 2. The zero-order valence-electron chi connectivity index (χ0n) is 21.9. The minimum absolute atomic E-state index is 0.487. The summed E-state index contributed by atoms with van der Waals surface area (Å²) in [4.78, 5) is 50.0. The van der Waals surface area contributed by atoms with Crippen LogP contribution in [0.25, 0.3) is 0 Å². The summed E-state index contributed by atoms with van der Waals surface area (Å²) in [6, 6.07) is 14.0. The fraction of sp³-hybridized carbons (Fsp3) is 0.286. The Hall–Kier alpha value is -2.44. The van der Waals surface area contributed by atoms with Gasteiger partial charge in [-0.05, 0) is 0 Å². The van der Waals surface area contributed by atoms with Gasteiger partial charge in [-0.1, -0.05) is 0 Å². The van der Waals surface area contributed by atoms with Gasteiger partial charge in [0.25, 0.3) is 0 Å². The summed E-state index contributed by atoms with van der Waals surface area (Å²) in [6.07, 6.45) is 7.39. The first kappa shape index (κ1) is 32.8. The van der Waals surface area contributed by atoms with Crippen LogP contribution < -0.4 is 10.6 Å². The van der Waals surface area contributed by atoms with Gasteiger partial charge in [0.1, 0.15) is 0 Å². The second kappa shape index (κ2) is 17.3. The third kappa shape index (κ3) is 13.0. The Kier molecular flexibility index (Phi) is 14.5. The number of anilines is 2. The molecular weight excluding hydrogens is 739 g/mol. The second-order valence-corrected chi connectivity index (χ2v) is 19.7. The molecule has 0 aromatic heterocycles. The molecule has 0 spiro atoms. The van der Waals surface area contributed by atoms with E-state index < -0.39 is 43.0 Å². The van der Waals surface area contributed by atoms with Crippen LogP contribution in [0, 0.1) is 0 Å². The number of halogens is 2. The van der Waals surface area contributed by atoms with Gasteiger partial charge >= 0.3 is 252 Å². The van der Waals surface area contributed by atoms with Crippen LogP contribution >= 0.6 is 31.9 Å². The van der Waals surface area contributed by atoms with Gasteiger partial charge in [0.05, 0.1) is 0 Å². The molecule has 2 rings (SSSR count). The van der Waals surface area contributed by atoms with Crippen LogP contribution in [-0.4, -0.2) is 43.0 Å². The van der Waals surface area contributed by atoms with Crippen molar-refractivity contribution in [1.82, 2.24) is 0 Å². The maximum atomic E-state index is 12.7. The van der Waals surface area contributed by atoms with Crippen LogP contribution in [0.15, 0.2) is 81.8 Å². The molecule has 2 N–H and O–H groups in total. The van der Waals surface area contributed by atoms with E-state index in [1.165, 1.54) is 0 Å². The summed E-state index contributed by atoms with van der Waals surface area (Å²) >= 11 is 2.39. The molecule has 0 unspecified atom stereocenters. The molecule has 0 aliphatic rings. The number of nitrogens with one attached hydrogen (secondary N) is 2. The molecular formula is C28H32Br2N2O6Sn. The monoisotopic (exact) mass is 770 g/mol. The van der Waals surface area contributed by atoms with Gasteiger partial charge in [-0.15, -0.1) is 0 Å². The van der Waals surface area contributed by atoms with Crippen molar-refractivity contribution in [2.75, 3.05) is 10.6 Å². The van der Waals surface area contributed by atoms with Gasteiger partial charge in [0, 0.05) is 0 Å². The van der Waals surface area contributed by atoms with Crippen LogP contribution in [-0.2, 0) is 25.3 Å². The molecule has 0 aliphatic heterocycles. The number of benzene rings is 2. The Balaban J connectivity index is 2.07. The summed E-state index contributed by atoms with van der Waals surface area (Å²) in [6.45, 7) is 4.00. The van der Waals surface area contributed by atoms with Gasteiger partial charge in [0.15, 0.2) is 0 Å². The molecule has 0 heterocycles. The molecule has 2 amide bonds. The van der Waals surface area contributed by atoms with E-state index in [-0.39, 0.29) is 0 Å². The summed E-state index contributed by atoms with van der Waals surface area (Å²) in [5.74, 6) is -2.44. The quantitative estimate of drug-likeness (QED) is 0.158. The second-order valence-electron chi connectivity index (χ2n) is 8.62. The Morgan fingerprint density at radius 3 is 1.36 bits per heavy atom. The number of hydrogen-bond donors (Lipinski definition) is 2. The predicted octanol–water partition coefficient (Wildman–Crippen LogP) is 7.03. The molecule has 2 aromatic carbocycles. The van der Waals surface area contributed by atoms with Crippen molar-refractivity contribution in [3.05, 3.63) is 81.8 Å². The molecule has 208 valence electrons. The zero-order valence-corrected chi connectivity index (χ0v) is 27.9. The van der Waals surface area contributed by atoms with E-state index in [9.17, 15) is 19.2 Å². The first-order valence-electron chi connectivity index (χ1n) is 12.6. The van der Waals surface area contributed by atoms with E-state index in [4.69, 9.17) is 6.15 Å². The van der Waals surface area contributed by atoms with Crippen molar-refractivity contribution < 1.29 is 25.3 Å². The fourth-order valence-corrected chi connectivity index (χ4v) is 13.5. The first-order valence-corrected chi connectivity index (χ1v) is 20.5. The normalized spacial score (nSPS) is 11.4. The van der Waals surface area contributed by atoms with Crippen LogP contribution in [0.3, 0.4) is 0 Å². The fourth-order valence-electron chi connectivity index (χ4n) is 3.40. The van der Waals surface area contributed by atoms with Crippen molar-refractivity contribution >= 4 is 86.2 Å². The topological polar surface area (TPSA) is 111 Å². The van der Waals surface area contributed by atoms with Crippen molar-refractivity contribution in [3.63, 3.8) is 0 Å². The average Bonchev–Trinajstić information content (AvgIpc) is 2.91. The van der Waals surface area contributed by atoms with Crippen LogP contribution in [0.1, 0.15) is 39.5 Å². The minimum atomic E-state index is -4.27. The molecule has 0 bridgehead atoms. The number of unbranched alkanes of at least 4 members (excludes halogenated alkanes) is 2. The summed E-state index contributed by atoms with van der Waals surface area (Å²) in [7, 11) is 0. The number of carbonyl (C=O) groups is 4. The van der Waals surface area contributed by atoms with Crippen LogP contribution in [0.4, 0.5) is 11.4 Å². The van der Waals surface area contributed by atoms with Gasteiger partial charge in [-0.3, -0.25) is 0 Å². The molecule has 0 fully saturated rings. The Labute approximate surface area is 250 Å². The van der Waals surface area contributed by atoms with Crippen molar-refractivity contribution in [2.24, 2.45) is 0 Å². The van der Waals surface area contributed by atoms with Gasteiger partial charge < -0.3 is 0 Å². The molecule has 11 heteroatoms. The third-order valence-corrected chi connectivity index (χ3v) is 16.1. The van der Waals surface area contributed by atoms with Crippen LogP contribution in [0.5, 0.6) is 0 Å². The summed E-state index contributed by atoms with van der Waals surface area (Å²) < 4.78 is 14.4. The van der Waals surface area contributed by atoms with E-state index in [1.807, 2.05) is 13.8 Å². The van der Waals surface area contributed by atoms with E-state index in [2.05, 4.69) is 42.5 Å². The van der Waals surface area contributed by atoms with E-state index >= 15 is 0 Å². The van der Waals surface area contributed by atoms with Crippen molar-refractivity contribution in [1.29, 1.82) is 0 Å². The Morgan fingerprint density at radius 2 is 1.03 bits per heavy atom. The molecule has 0 atom stereocenters. The summed E-state index contributed by atoms with van der Waals surface area (Å²) in [5.41, 5.74) is 1.15. The first-order chi connectivity index (χ1) is 18.6. The molecule has 8 nitrogen and oxygen atoms in total. The zero-order chi connectivity index (χ0) is 28.7. The molecule has 0 saturated heterocycles. The summed E-state index contributed by atoms with van der Waals surface area (Å²) in [5, 5.41) is 5.33. The van der Waals surface area contributed by atoms with Gasteiger partial charge in [-0.25, -0.2) is 0 Å². The number of carbonyl (C=O) groups excluding carboxylic acids is 4. The van der Waals surface area contributed by atoms with Gasteiger partial charge in [-0.2, -0.15) is 0 Å². The molecule has 39 heavy (non-hydrogen) atoms. The number of hydrogen-bond acceptors (Lipinski definition) is 6. The van der Waals surface area contributed by atoms with E-state index in [0.29, 0.717) is 20.2 Å². The average molecular weight is 771 g/mol. The van der Waals surface area contributed by atoms with Crippen molar-refractivity contribution in [3.8, 4) is 0 Å².